The zero-order chi connectivity index (χ0) is 38.4. The van der Waals surface area contributed by atoms with Crippen LogP contribution in [0, 0.1) is 0 Å². The fourth-order valence-electron chi connectivity index (χ4n) is 9.58. The lowest BCUT2D eigenvalue weighted by Crippen LogP contribution is -2.77. The number of hydrogen-bond acceptors (Lipinski definition) is 4. The number of alkyl halides is 1. The summed E-state index contributed by atoms with van der Waals surface area (Å²) in [7, 11) is -3.00. The van der Waals surface area contributed by atoms with Crippen LogP contribution in [0.2, 0.25) is 0 Å². The van der Waals surface area contributed by atoms with Crippen molar-refractivity contribution in [2.24, 2.45) is 0 Å². The standard InChI is InChI=1S/C51H33FN4SSi/c52-47(34-26-27-38-39-20-7-9-22-43(39)55-29-28-53-50(55)41(38)31-34)33-14-13-15-35(30-33)56-44-23-10-12-25-46(44)58(36-16-3-1-4-17-36,37-18-5-2-6-19-37)49-48-42(32-54-51(49)56)40-21-8-11-24-45(40)57-48/h1-32,47H. The molecule has 4 aromatic heterocycles. The molecule has 0 saturated carbocycles. The van der Waals surface area contributed by atoms with Gasteiger partial charge in [0, 0.05) is 66.1 Å². The first kappa shape index (κ1) is 33.2. The van der Waals surface area contributed by atoms with Crippen molar-refractivity contribution < 1.29 is 4.39 Å². The monoisotopic (exact) mass is 780 g/mol. The molecule has 0 radical (unpaired) electrons. The number of anilines is 3. The Morgan fingerprint density at radius 3 is 2.10 bits per heavy atom. The average molecular weight is 781 g/mol. The van der Waals surface area contributed by atoms with E-state index in [1.54, 1.807) is 0 Å². The summed E-state index contributed by atoms with van der Waals surface area (Å²) < 4.78 is 21.8. The third-order valence-corrected chi connectivity index (χ3v) is 18.3. The van der Waals surface area contributed by atoms with Gasteiger partial charge in [0.2, 0.25) is 0 Å². The van der Waals surface area contributed by atoms with Crippen molar-refractivity contribution in [3.05, 3.63) is 206 Å². The molecule has 0 N–H and O–H groups in total. The molecule has 0 aliphatic carbocycles. The Morgan fingerprint density at radius 2 is 1.28 bits per heavy atom. The lowest BCUT2D eigenvalue weighted by Gasteiger charge is -2.44. The number of hydrogen-bond donors (Lipinski definition) is 0. The van der Waals surface area contributed by atoms with Gasteiger partial charge in [-0.25, -0.2) is 14.4 Å². The first-order valence-corrected chi connectivity index (χ1v) is 22.3. The quantitative estimate of drug-likeness (QED) is 0.129. The average Bonchev–Trinajstić information content (AvgIpc) is 3.95. The number of aromatic nitrogens is 3. The van der Waals surface area contributed by atoms with E-state index >= 15 is 4.39 Å². The summed E-state index contributed by atoms with van der Waals surface area (Å²) in [5, 5.41) is 10.6. The molecule has 0 fully saturated rings. The summed E-state index contributed by atoms with van der Waals surface area (Å²) >= 11 is 1.85. The summed E-state index contributed by atoms with van der Waals surface area (Å²) in [5.41, 5.74) is 5.01. The lowest BCUT2D eigenvalue weighted by molar-refractivity contribution is 0.402. The van der Waals surface area contributed by atoms with Crippen molar-refractivity contribution in [3.63, 3.8) is 0 Å². The van der Waals surface area contributed by atoms with E-state index in [1.165, 1.54) is 35.5 Å². The van der Waals surface area contributed by atoms with Crippen LogP contribution >= 0.6 is 11.3 Å². The molecule has 5 heterocycles. The van der Waals surface area contributed by atoms with Crippen molar-refractivity contribution >= 4 is 105 Å². The van der Waals surface area contributed by atoms with Crippen LogP contribution in [0.4, 0.5) is 21.6 Å². The third-order valence-electron chi connectivity index (χ3n) is 12.0. The largest absolute Gasteiger partial charge is 0.299 e. The fourth-order valence-corrected chi connectivity index (χ4v) is 16.4. The number of nitrogens with zero attached hydrogens (tertiary/aromatic N) is 4. The molecule has 7 heteroatoms. The Balaban J connectivity index is 1.09. The second-order valence-corrected chi connectivity index (χ2v) is 19.8. The van der Waals surface area contributed by atoms with Gasteiger partial charge in [0.05, 0.1) is 5.52 Å². The van der Waals surface area contributed by atoms with E-state index in [0.717, 1.165) is 49.9 Å². The summed E-state index contributed by atoms with van der Waals surface area (Å²) in [6.45, 7) is 0. The highest BCUT2D eigenvalue weighted by Crippen LogP contribution is 2.43. The van der Waals surface area contributed by atoms with Gasteiger partial charge in [-0.1, -0.05) is 140 Å². The molecular formula is C51H33FN4SSi. The Morgan fingerprint density at radius 1 is 0.569 bits per heavy atom. The van der Waals surface area contributed by atoms with Crippen LogP contribution < -0.4 is 25.6 Å². The number of pyridine rings is 2. The lowest BCUT2D eigenvalue weighted by atomic mass is 9.97. The Hall–Kier alpha value is -6.93. The van der Waals surface area contributed by atoms with Crippen LogP contribution in [0.5, 0.6) is 0 Å². The van der Waals surface area contributed by atoms with Gasteiger partial charge < -0.3 is 0 Å². The molecule has 0 spiro atoms. The molecule has 0 saturated heterocycles. The second kappa shape index (κ2) is 12.8. The molecule has 1 aliphatic heterocycles. The maximum absolute atomic E-state index is 17.2. The van der Waals surface area contributed by atoms with Gasteiger partial charge in [-0.15, -0.1) is 11.3 Å². The van der Waals surface area contributed by atoms with Crippen molar-refractivity contribution in [1.29, 1.82) is 0 Å². The number of para-hydroxylation sites is 2. The smallest absolute Gasteiger partial charge is 0.188 e. The van der Waals surface area contributed by atoms with Gasteiger partial charge in [-0.3, -0.25) is 9.30 Å². The zero-order valence-electron chi connectivity index (χ0n) is 31.1. The molecule has 12 rings (SSSR count). The molecule has 1 atom stereocenters. The maximum Gasteiger partial charge on any atom is 0.188 e. The minimum Gasteiger partial charge on any atom is -0.299 e. The minimum absolute atomic E-state index is 0.583. The Kier molecular flexibility index (Phi) is 7.33. The van der Waals surface area contributed by atoms with Gasteiger partial charge in [0.1, 0.15) is 11.5 Å². The molecule has 274 valence electrons. The highest BCUT2D eigenvalue weighted by molar-refractivity contribution is 7.31. The van der Waals surface area contributed by atoms with E-state index in [0.29, 0.717) is 11.1 Å². The van der Waals surface area contributed by atoms with Crippen molar-refractivity contribution in [3.8, 4) is 0 Å². The summed E-state index contributed by atoms with van der Waals surface area (Å²) in [4.78, 5) is 12.4. The number of benzene rings is 7. The molecule has 7 aromatic carbocycles. The SMILES string of the molecule is FC(c1cccc(N2c3ccccc3[Si](c3ccccc3)(c3ccccc3)c3c2ncc2c3sc3ccccc32)c1)c1ccc2c3ccccc3n3ccnc3c2c1. The van der Waals surface area contributed by atoms with Crippen LogP contribution in [-0.2, 0) is 0 Å². The number of rotatable bonds is 5. The van der Waals surface area contributed by atoms with Gasteiger partial charge in [-0.05, 0) is 68.5 Å². The molecule has 1 unspecified atom stereocenters. The van der Waals surface area contributed by atoms with E-state index in [4.69, 9.17) is 9.97 Å². The minimum atomic E-state index is -3.00. The van der Waals surface area contributed by atoms with Crippen molar-refractivity contribution in [2.45, 2.75) is 6.17 Å². The van der Waals surface area contributed by atoms with Gasteiger partial charge in [0.25, 0.3) is 0 Å². The van der Waals surface area contributed by atoms with Crippen LogP contribution in [0.25, 0.3) is 47.5 Å². The highest BCUT2D eigenvalue weighted by atomic mass is 32.1. The molecule has 4 nitrogen and oxygen atoms in total. The Labute approximate surface area is 338 Å². The molecule has 1 aliphatic rings. The zero-order valence-corrected chi connectivity index (χ0v) is 32.9. The fraction of sp³-hybridized carbons (Fsp3) is 0.0196. The first-order valence-electron chi connectivity index (χ1n) is 19.5. The summed E-state index contributed by atoms with van der Waals surface area (Å²) in [5.74, 6) is 0.893. The third kappa shape index (κ3) is 4.65. The van der Waals surface area contributed by atoms with Gasteiger partial charge >= 0.3 is 0 Å². The molecule has 0 bridgehead atoms. The van der Waals surface area contributed by atoms with E-state index in [9.17, 15) is 0 Å². The van der Waals surface area contributed by atoms with Gasteiger partial charge in [-0.2, -0.15) is 0 Å². The number of imidazole rings is 1. The van der Waals surface area contributed by atoms with Crippen LogP contribution in [-0.4, -0.2) is 22.4 Å². The van der Waals surface area contributed by atoms with E-state index in [2.05, 4.69) is 143 Å². The molecular weight excluding hydrogens is 748 g/mol. The summed E-state index contributed by atoms with van der Waals surface area (Å²) in [6, 6.07) is 61.8. The molecule has 11 aromatic rings. The highest BCUT2D eigenvalue weighted by Gasteiger charge is 2.51. The Bertz CT molecular complexity index is 3360. The predicted octanol–water partition coefficient (Wildman–Crippen LogP) is 10.6. The van der Waals surface area contributed by atoms with Crippen molar-refractivity contribution in [2.75, 3.05) is 4.90 Å². The van der Waals surface area contributed by atoms with E-state index in [1.807, 2.05) is 72.3 Å². The molecule has 0 amide bonds. The van der Waals surface area contributed by atoms with Crippen LogP contribution in [0.1, 0.15) is 17.3 Å². The number of halogens is 1. The maximum atomic E-state index is 17.2. The van der Waals surface area contributed by atoms with Crippen LogP contribution in [0.15, 0.2) is 195 Å². The van der Waals surface area contributed by atoms with E-state index in [-0.39, 0.29) is 0 Å². The van der Waals surface area contributed by atoms with E-state index < -0.39 is 14.2 Å². The molecule has 58 heavy (non-hydrogen) atoms. The first-order chi connectivity index (χ1) is 28.7. The van der Waals surface area contributed by atoms with Crippen LogP contribution in [0.3, 0.4) is 0 Å². The second-order valence-electron chi connectivity index (χ2n) is 15.0. The van der Waals surface area contributed by atoms with Crippen molar-refractivity contribution in [1.82, 2.24) is 14.4 Å². The topological polar surface area (TPSA) is 33.4 Å². The summed E-state index contributed by atoms with van der Waals surface area (Å²) in [6.07, 6.45) is 4.47. The normalized spacial score (nSPS) is 14.0. The number of thiophene rings is 1. The van der Waals surface area contributed by atoms with Gasteiger partial charge in [0.15, 0.2) is 14.2 Å². The predicted molar refractivity (Wildman–Crippen MR) is 242 cm³/mol. The number of fused-ring (bicyclic) bond motifs is 12.